The number of fused-ring (bicyclic) bond motifs is 2. The van der Waals surface area contributed by atoms with Crippen molar-refractivity contribution in [2.24, 2.45) is 10.9 Å². The highest BCUT2D eigenvalue weighted by atomic mass is 19.1. The summed E-state index contributed by atoms with van der Waals surface area (Å²) >= 11 is 0. The average Bonchev–Trinajstić information content (AvgIpc) is 3.25. The monoisotopic (exact) mass is 457 g/mol. The van der Waals surface area contributed by atoms with E-state index >= 15 is 0 Å². The molecule has 0 bridgehead atoms. The molecule has 7 nitrogen and oxygen atoms in total. The zero-order chi connectivity index (χ0) is 23.2. The first kappa shape index (κ1) is 20.8. The van der Waals surface area contributed by atoms with Gasteiger partial charge in [0.15, 0.2) is 0 Å². The summed E-state index contributed by atoms with van der Waals surface area (Å²) in [6, 6.07) is 10.9. The standard InChI is InChI=1S/C26H24FN5O2/c27-20-10-15(21-6-7-29-26(28)32-21)11-23-19(20)12-22(31-23)17-9-16-8-14(4-5-24(16)34-13-17)25(33)30-18-2-1-3-18/h4-8,10-11,17-18H,1-3,9,12-13H2,(H,30,33)(H2,28,29,32). The summed E-state index contributed by atoms with van der Waals surface area (Å²) in [6.45, 7) is 0.477. The van der Waals surface area contributed by atoms with Crippen LogP contribution in [0.2, 0.25) is 0 Å². The van der Waals surface area contributed by atoms with Crippen LogP contribution in [-0.2, 0) is 12.8 Å². The summed E-state index contributed by atoms with van der Waals surface area (Å²) in [7, 11) is 0. The van der Waals surface area contributed by atoms with Gasteiger partial charge in [0.1, 0.15) is 11.6 Å². The minimum absolute atomic E-state index is 0.0161. The number of nitrogen functional groups attached to an aromatic ring is 1. The second-order valence-electron chi connectivity index (χ2n) is 9.17. The minimum Gasteiger partial charge on any atom is -0.493 e. The van der Waals surface area contributed by atoms with E-state index in [9.17, 15) is 9.18 Å². The Bertz CT molecular complexity index is 1330. The van der Waals surface area contributed by atoms with Gasteiger partial charge in [-0.25, -0.2) is 14.4 Å². The van der Waals surface area contributed by atoms with E-state index in [0.29, 0.717) is 47.5 Å². The van der Waals surface area contributed by atoms with Crippen molar-refractivity contribution in [3.63, 3.8) is 0 Å². The summed E-state index contributed by atoms with van der Waals surface area (Å²) in [4.78, 5) is 25.5. The molecule has 3 aromatic rings. The Morgan fingerprint density at radius 3 is 2.85 bits per heavy atom. The van der Waals surface area contributed by atoms with Gasteiger partial charge in [-0.15, -0.1) is 0 Å². The maximum Gasteiger partial charge on any atom is 0.251 e. The molecule has 2 aromatic carbocycles. The lowest BCUT2D eigenvalue weighted by Crippen LogP contribution is -2.39. The maximum absolute atomic E-state index is 15.0. The molecule has 1 amide bonds. The topological polar surface area (TPSA) is 102 Å². The first-order valence-corrected chi connectivity index (χ1v) is 11.6. The van der Waals surface area contributed by atoms with Crippen LogP contribution in [0.25, 0.3) is 11.3 Å². The molecule has 6 rings (SSSR count). The number of aliphatic imine (C=N–C) groups is 1. The Hall–Kier alpha value is -3.81. The number of carbonyl (C=O) groups excluding carboxylic acids is 1. The SMILES string of the molecule is Nc1nccc(-c2cc(F)c3c(c2)N=C(C2COc4ccc(C(=O)NC5CCC5)cc4C2)C3)n1. The molecule has 1 atom stereocenters. The molecule has 1 saturated carbocycles. The third kappa shape index (κ3) is 3.79. The number of benzene rings is 2. The van der Waals surface area contributed by atoms with Gasteiger partial charge in [0.05, 0.1) is 18.0 Å². The van der Waals surface area contributed by atoms with Gasteiger partial charge in [-0.05, 0) is 67.6 Å². The second-order valence-corrected chi connectivity index (χ2v) is 9.17. The molecule has 172 valence electrons. The Balaban J connectivity index is 1.23. The molecular weight excluding hydrogens is 433 g/mol. The highest BCUT2D eigenvalue weighted by Gasteiger charge is 2.30. The molecule has 0 saturated heterocycles. The predicted octanol–water partition coefficient (Wildman–Crippen LogP) is 4.03. The summed E-state index contributed by atoms with van der Waals surface area (Å²) in [5.74, 6) is 0.599. The molecule has 2 aliphatic heterocycles. The number of hydrogen-bond donors (Lipinski definition) is 2. The zero-order valence-corrected chi connectivity index (χ0v) is 18.6. The van der Waals surface area contributed by atoms with Crippen LogP contribution < -0.4 is 15.8 Å². The molecule has 1 unspecified atom stereocenters. The van der Waals surface area contributed by atoms with Crippen LogP contribution in [0, 0.1) is 11.7 Å². The summed E-state index contributed by atoms with van der Waals surface area (Å²) in [5.41, 5.74) is 10.6. The van der Waals surface area contributed by atoms with Crippen molar-refractivity contribution < 1.29 is 13.9 Å². The molecule has 3 N–H and O–H groups in total. The molecule has 3 heterocycles. The number of nitrogens with one attached hydrogen (secondary N) is 1. The third-order valence-electron chi connectivity index (χ3n) is 6.90. The van der Waals surface area contributed by atoms with Crippen LogP contribution in [0.1, 0.15) is 40.7 Å². The average molecular weight is 458 g/mol. The van der Waals surface area contributed by atoms with Gasteiger partial charge in [-0.3, -0.25) is 9.79 Å². The van der Waals surface area contributed by atoms with Crippen LogP contribution in [0.5, 0.6) is 5.75 Å². The van der Waals surface area contributed by atoms with E-state index in [1.165, 1.54) is 12.5 Å². The van der Waals surface area contributed by atoms with Gasteiger partial charge in [0.2, 0.25) is 5.95 Å². The van der Waals surface area contributed by atoms with Gasteiger partial charge >= 0.3 is 0 Å². The summed E-state index contributed by atoms with van der Waals surface area (Å²) in [5, 5.41) is 3.08. The van der Waals surface area contributed by atoms with E-state index in [2.05, 4.69) is 15.3 Å². The van der Waals surface area contributed by atoms with Gasteiger partial charge in [-0.1, -0.05) is 0 Å². The second kappa shape index (κ2) is 8.20. The number of nitrogens with two attached hydrogens (primary N) is 1. The van der Waals surface area contributed by atoms with Crippen LogP contribution in [-0.4, -0.2) is 34.2 Å². The largest absolute Gasteiger partial charge is 0.493 e. The lowest BCUT2D eigenvalue weighted by atomic mass is 9.89. The molecular formula is C26H24FN5O2. The smallest absolute Gasteiger partial charge is 0.251 e. The van der Waals surface area contributed by atoms with Gasteiger partial charge in [-0.2, -0.15) is 0 Å². The summed E-state index contributed by atoms with van der Waals surface area (Å²) < 4.78 is 21.0. The highest BCUT2D eigenvalue weighted by Crippen LogP contribution is 2.37. The van der Waals surface area contributed by atoms with E-state index in [1.807, 2.05) is 24.3 Å². The maximum atomic E-state index is 15.0. The molecule has 34 heavy (non-hydrogen) atoms. The molecule has 0 spiro atoms. The van der Waals surface area contributed by atoms with Crippen LogP contribution in [0.3, 0.4) is 0 Å². The molecule has 3 aliphatic rings. The van der Waals surface area contributed by atoms with Gasteiger partial charge < -0.3 is 15.8 Å². The Kier molecular flexibility index (Phi) is 5.01. The fourth-order valence-electron chi connectivity index (χ4n) is 4.76. The molecule has 0 radical (unpaired) electrons. The summed E-state index contributed by atoms with van der Waals surface area (Å²) in [6.07, 6.45) is 5.96. The predicted molar refractivity (Wildman–Crippen MR) is 127 cm³/mol. The van der Waals surface area contributed by atoms with E-state index in [0.717, 1.165) is 29.9 Å². The van der Waals surface area contributed by atoms with Crippen LogP contribution in [0.4, 0.5) is 16.0 Å². The van der Waals surface area contributed by atoms with Crippen molar-refractivity contribution in [1.29, 1.82) is 0 Å². The minimum atomic E-state index is -0.310. The van der Waals surface area contributed by atoms with Crippen molar-refractivity contribution in [2.75, 3.05) is 12.3 Å². The first-order valence-electron chi connectivity index (χ1n) is 11.6. The van der Waals surface area contributed by atoms with Gasteiger partial charge in [0.25, 0.3) is 5.91 Å². The number of nitrogens with zero attached hydrogens (tertiary/aromatic N) is 3. The van der Waals surface area contributed by atoms with Crippen molar-refractivity contribution in [1.82, 2.24) is 15.3 Å². The quantitative estimate of drug-likeness (QED) is 0.616. The van der Waals surface area contributed by atoms with Crippen molar-refractivity contribution in [3.8, 4) is 17.0 Å². The Morgan fingerprint density at radius 1 is 1.18 bits per heavy atom. The third-order valence-corrected chi connectivity index (χ3v) is 6.90. The normalized spacial score (nSPS) is 18.9. The number of carbonyl (C=O) groups is 1. The lowest BCUT2D eigenvalue weighted by molar-refractivity contribution is 0.0916. The fraction of sp³-hybridized carbons (Fsp3) is 0.308. The van der Waals surface area contributed by atoms with E-state index in [4.69, 9.17) is 15.5 Å². The van der Waals surface area contributed by atoms with Crippen molar-refractivity contribution >= 4 is 23.3 Å². The number of halogens is 1. The van der Waals surface area contributed by atoms with E-state index in [1.54, 1.807) is 12.3 Å². The number of anilines is 1. The van der Waals surface area contributed by atoms with Crippen LogP contribution in [0.15, 0.2) is 47.6 Å². The highest BCUT2D eigenvalue weighted by molar-refractivity contribution is 5.97. The molecule has 8 heteroatoms. The fourth-order valence-corrected chi connectivity index (χ4v) is 4.76. The first-order chi connectivity index (χ1) is 16.5. The zero-order valence-electron chi connectivity index (χ0n) is 18.6. The van der Waals surface area contributed by atoms with Gasteiger partial charge in [0, 0.05) is 47.0 Å². The van der Waals surface area contributed by atoms with Crippen molar-refractivity contribution in [3.05, 3.63) is 65.1 Å². The molecule has 1 aliphatic carbocycles. The number of amides is 1. The number of rotatable bonds is 4. The lowest BCUT2D eigenvalue weighted by Gasteiger charge is -2.28. The van der Waals surface area contributed by atoms with Crippen LogP contribution >= 0.6 is 0 Å². The Labute approximate surface area is 196 Å². The Morgan fingerprint density at radius 2 is 2.06 bits per heavy atom. The molecule has 1 aromatic heterocycles. The van der Waals surface area contributed by atoms with E-state index < -0.39 is 0 Å². The number of ether oxygens (including phenoxy) is 1. The van der Waals surface area contributed by atoms with E-state index in [-0.39, 0.29) is 29.6 Å². The number of aromatic nitrogens is 2. The van der Waals surface area contributed by atoms with Crippen molar-refractivity contribution in [2.45, 2.75) is 38.1 Å². The molecule has 1 fully saturated rings. The number of hydrogen-bond acceptors (Lipinski definition) is 6.